The van der Waals surface area contributed by atoms with Crippen molar-refractivity contribution < 1.29 is 0 Å². The van der Waals surface area contributed by atoms with Crippen molar-refractivity contribution in [2.75, 3.05) is 0 Å². The molecule has 0 aliphatic rings. The third kappa shape index (κ3) is 5.99. The molecular formula is C15H27BN2. The Morgan fingerprint density at radius 3 is 2.39 bits per heavy atom. The van der Waals surface area contributed by atoms with E-state index in [0.717, 1.165) is 17.6 Å². The molecule has 0 spiro atoms. The van der Waals surface area contributed by atoms with Gasteiger partial charge in [0.2, 0.25) is 0 Å². The van der Waals surface area contributed by atoms with E-state index in [9.17, 15) is 0 Å². The lowest BCUT2D eigenvalue weighted by Crippen LogP contribution is -2.15. The van der Waals surface area contributed by atoms with Crippen molar-refractivity contribution in [2.24, 2.45) is 15.6 Å². The minimum absolute atomic E-state index is 0.0402. The van der Waals surface area contributed by atoms with Crippen LogP contribution in [0.4, 0.5) is 0 Å². The molecule has 2 nitrogen and oxygen atoms in total. The zero-order valence-electron chi connectivity index (χ0n) is 12.5. The number of nitrogens with zero attached hydrogens (tertiary/aromatic N) is 2. The Hall–Kier alpha value is -1.12. The van der Waals surface area contributed by atoms with Gasteiger partial charge < -0.3 is 0 Å². The zero-order chi connectivity index (χ0) is 14.0. The van der Waals surface area contributed by atoms with Gasteiger partial charge in [0.1, 0.15) is 7.85 Å². The molecule has 0 aromatic carbocycles. The van der Waals surface area contributed by atoms with Gasteiger partial charge in [0.15, 0.2) is 0 Å². The standard InChI is InChI=1S/C15H27BN2/c1-6-9-10-11-12-15(4,5)14(13(16)7-2)18-17-8-3/h7-8H,2-3,6,9-12,16H2,1,4-5H3/b14-13+,18-17-. The molecule has 0 N–H and O–H groups in total. The minimum Gasteiger partial charge on any atom is -0.160 e. The van der Waals surface area contributed by atoms with Gasteiger partial charge in [0.25, 0.3) is 0 Å². The maximum absolute atomic E-state index is 4.30. The second-order valence-electron chi connectivity index (χ2n) is 5.33. The maximum atomic E-state index is 4.30. The molecule has 100 valence electrons. The number of hydrogen-bond donors (Lipinski definition) is 0. The summed E-state index contributed by atoms with van der Waals surface area (Å²) in [7, 11) is 2.04. The van der Waals surface area contributed by atoms with E-state index < -0.39 is 0 Å². The van der Waals surface area contributed by atoms with E-state index in [1.54, 1.807) is 0 Å². The average molecular weight is 246 g/mol. The van der Waals surface area contributed by atoms with Crippen LogP contribution in [0, 0.1) is 5.41 Å². The summed E-state index contributed by atoms with van der Waals surface area (Å²) in [5, 5.41) is 8.23. The third-order valence-corrected chi connectivity index (χ3v) is 3.22. The minimum atomic E-state index is 0.0402. The van der Waals surface area contributed by atoms with E-state index in [-0.39, 0.29) is 5.41 Å². The van der Waals surface area contributed by atoms with E-state index in [4.69, 9.17) is 0 Å². The first kappa shape index (κ1) is 16.9. The van der Waals surface area contributed by atoms with Gasteiger partial charge in [-0.1, -0.05) is 71.2 Å². The van der Waals surface area contributed by atoms with E-state index in [2.05, 4.69) is 44.2 Å². The Morgan fingerprint density at radius 1 is 1.22 bits per heavy atom. The van der Waals surface area contributed by atoms with Crippen LogP contribution in [0.15, 0.2) is 46.8 Å². The highest BCUT2D eigenvalue weighted by atomic mass is 15.1. The summed E-state index contributed by atoms with van der Waals surface area (Å²) in [6.07, 6.45) is 9.56. The fourth-order valence-corrected chi connectivity index (χ4v) is 2.06. The van der Waals surface area contributed by atoms with E-state index in [1.807, 2.05) is 13.9 Å². The van der Waals surface area contributed by atoms with Gasteiger partial charge in [0.05, 0.1) is 5.70 Å². The molecule has 0 bridgehead atoms. The molecule has 0 fully saturated rings. The predicted molar refractivity (Wildman–Crippen MR) is 83.4 cm³/mol. The molecule has 0 aromatic rings. The highest BCUT2D eigenvalue weighted by Crippen LogP contribution is 2.35. The molecular weight excluding hydrogens is 219 g/mol. The van der Waals surface area contributed by atoms with Crippen LogP contribution in [0.25, 0.3) is 0 Å². The van der Waals surface area contributed by atoms with Gasteiger partial charge in [-0.3, -0.25) is 0 Å². The quantitative estimate of drug-likeness (QED) is 0.245. The fourth-order valence-electron chi connectivity index (χ4n) is 2.06. The number of rotatable bonds is 9. The summed E-state index contributed by atoms with van der Waals surface area (Å²) in [5.74, 6) is 0. The van der Waals surface area contributed by atoms with Gasteiger partial charge in [0, 0.05) is 11.6 Å². The molecule has 0 aromatic heterocycles. The first-order chi connectivity index (χ1) is 8.49. The van der Waals surface area contributed by atoms with Crippen LogP contribution in [0.3, 0.4) is 0 Å². The largest absolute Gasteiger partial charge is 0.160 e. The first-order valence-electron chi connectivity index (χ1n) is 6.85. The zero-order valence-corrected chi connectivity index (χ0v) is 12.5. The number of unbranched alkanes of at least 4 members (excludes halogenated alkanes) is 3. The molecule has 0 aliphatic carbocycles. The van der Waals surface area contributed by atoms with E-state index in [0.29, 0.717) is 0 Å². The summed E-state index contributed by atoms with van der Waals surface area (Å²) in [6.45, 7) is 14.1. The van der Waals surface area contributed by atoms with Crippen molar-refractivity contribution in [3.8, 4) is 0 Å². The van der Waals surface area contributed by atoms with Crippen molar-refractivity contribution in [3.63, 3.8) is 0 Å². The van der Waals surface area contributed by atoms with Crippen LogP contribution in [-0.4, -0.2) is 7.85 Å². The number of allylic oxidation sites excluding steroid dienone is 3. The monoisotopic (exact) mass is 246 g/mol. The lowest BCUT2D eigenvalue weighted by atomic mass is 9.77. The molecule has 0 rings (SSSR count). The molecule has 0 atom stereocenters. The Labute approximate surface area is 113 Å². The molecule has 0 saturated heterocycles. The number of azo groups is 1. The smallest absolute Gasteiger partial charge is 0.141 e. The predicted octanol–water partition coefficient (Wildman–Crippen LogP) is 4.61. The fraction of sp³-hybridized carbons (Fsp3) is 0.600. The van der Waals surface area contributed by atoms with E-state index in [1.165, 1.54) is 31.9 Å². The average Bonchev–Trinajstić information content (AvgIpc) is 2.34. The third-order valence-electron chi connectivity index (χ3n) is 3.22. The van der Waals surface area contributed by atoms with Crippen molar-refractivity contribution in [1.82, 2.24) is 0 Å². The SMILES string of the molecule is B/C(C=C)=C(/N=N\C=C)C(C)(C)CCCCCC. The Balaban J connectivity index is 4.81. The first-order valence-corrected chi connectivity index (χ1v) is 6.85. The summed E-state index contributed by atoms with van der Waals surface area (Å²) >= 11 is 0. The highest BCUT2D eigenvalue weighted by molar-refractivity contribution is 6.23. The normalized spacial score (nSPS) is 13.5. The second kappa shape index (κ2) is 8.90. The highest BCUT2D eigenvalue weighted by Gasteiger charge is 2.24. The van der Waals surface area contributed by atoms with Crippen molar-refractivity contribution in [3.05, 3.63) is 36.6 Å². The Morgan fingerprint density at radius 2 is 1.89 bits per heavy atom. The van der Waals surface area contributed by atoms with Crippen LogP contribution < -0.4 is 0 Å². The molecule has 0 amide bonds. The van der Waals surface area contributed by atoms with Gasteiger partial charge in [-0.05, 0) is 6.42 Å². The van der Waals surface area contributed by atoms with Crippen molar-refractivity contribution in [1.29, 1.82) is 0 Å². The molecule has 0 saturated carbocycles. The number of hydrogen-bond acceptors (Lipinski definition) is 2. The topological polar surface area (TPSA) is 24.7 Å². The molecule has 18 heavy (non-hydrogen) atoms. The maximum Gasteiger partial charge on any atom is 0.141 e. The van der Waals surface area contributed by atoms with Crippen molar-refractivity contribution in [2.45, 2.75) is 52.9 Å². The van der Waals surface area contributed by atoms with Gasteiger partial charge in [-0.2, -0.15) is 10.2 Å². The Kier molecular flexibility index (Phi) is 8.35. The van der Waals surface area contributed by atoms with Gasteiger partial charge >= 0.3 is 0 Å². The molecule has 0 aliphatic heterocycles. The summed E-state index contributed by atoms with van der Waals surface area (Å²) < 4.78 is 0. The Bertz CT molecular complexity index is 327. The van der Waals surface area contributed by atoms with Crippen LogP contribution in [0.2, 0.25) is 0 Å². The van der Waals surface area contributed by atoms with Crippen LogP contribution >= 0.6 is 0 Å². The molecule has 3 heteroatoms. The van der Waals surface area contributed by atoms with Crippen LogP contribution in [-0.2, 0) is 0 Å². The molecule has 0 radical (unpaired) electrons. The van der Waals surface area contributed by atoms with Crippen LogP contribution in [0.5, 0.6) is 0 Å². The molecule has 0 heterocycles. The lowest BCUT2D eigenvalue weighted by Gasteiger charge is -2.26. The molecule has 0 unspecified atom stereocenters. The summed E-state index contributed by atoms with van der Waals surface area (Å²) in [4.78, 5) is 0. The summed E-state index contributed by atoms with van der Waals surface area (Å²) in [5.41, 5.74) is 2.16. The van der Waals surface area contributed by atoms with E-state index >= 15 is 0 Å². The lowest BCUT2D eigenvalue weighted by molar-refractivity contribution is 0.377. The second-order valence-corrected chi connectivity index (χ2v) is 5.33. The summed E-state index contributed by atoms with van der Waals surface area (Å²) in [6, 6.07) is 0. The van der Waals surface area contributed by atoms with Gasteiger partial charge in [-0.15, -0.1) is 0 Å². The van der Waals surface area contributed by atoms with Crippen LogP contribution in [0.1, 0.15) is 52.9 Å². The van der Waals surface area contributed by atoms with Crippen molar-refractivity contribution >= 4 is 7.85 Å². The van der Waals surface area contributed by atoms with Gasteiger partial charge in [-0.25, -0.2) is 0 Å².